The van der Waals surface area contributed by atoms with Crippen molar-refractivity contribution in [1.82, 2.24) is 10.2 Å². The Morgan fingerprint density at radius 3 is 2.82 bits per heavy atom. The van der Waals surface area contributed by atoms with Crippen molar-refractivity contribution in [3.05, 3.63) is 11.8 Å². The van der Waals surface area contributed by atoms with Gasteiger partial charge in [-0.1, -0.05) is 6.92 Å². The van der Waals surface area contributed by atoms with Gasteiger partial charge in [0.05, 0.1) is 0 Å². The fourth-order valence-electron chi connectivity index (χ4n) is 1.67. The molecule has 1 aromatic heterocycles. The van der Waals surface area contributed by atoms with E-state index in [1.807, 2.05) is 6.07 Å². The summed E-state index contributed by atoms with van der Waals surface area (Å²) in [4.78, 5) is 0. The van der Waals surface area contributed by atoms with Gasteiger partial charge in [0.2, 0.25) is 0 Å². The predicted octanol–water partition coefficient (Wildman–Crippen LogP) is 1.51. The fraction of sp³-hybridized carbons (Fsp3) is 0.625. The van der Waals surface area contributed by atoms with Gasteiger partial charge in [0, 0.05) is 17.7 Å². The summed E-state index contributed by atoms with van der Waals surface area (Å²) >= 11 is 0. The number of nitrogens with one attached hydrogen (secondary N) is 1. The first-order valence-corrected chi connectivity index (χ1v) is 4.08. The first kappa shape index (κ1) is 6.70. The van der Waals surface area contributed by atoms with E-state index >= 15 is 0 Å². The van der Waals surface area contributed by atoms with Crippen molar-refractivity contribution in [2.24, 2.45) is 5.92 Å². The van der Waals surface area contributed by atoms with Crippen LogP contribution in [0.1, 0.15) is 31.4 Å². The highest BCUT2D eigenvalue weighted by Crippen LogP contribution is 2.41. The van der Waals surface area contributed by atoms with Crippen LogP contribution in [0.25, 0.3) is 0 Å². The van der Waals surface area contributed by atoms with Gasteiger partial charge in [0.1, 0.15) is 5.82 Å². The number of rotatable bonds is 1. The minimum absolute atomic E-state index is 0.610. The third-order valence-electron chi connectivity index (χ3n) is 2.64. The van der Waals surface area contributed by atoms with Crippen LogP contribution in [0.3, 0.4) is 0 Å². The van der Waals surface area contributed by atoms with Crippen LogP contribution in [0.5, 0.6) is 0 Å². The van der Waals surface area contributed by atoms with Crippen LogP contribution in [-0.4, -0.2) is 10.2 Å². The van der Waals surface area contributed by atoms with Crippen LogP contribution in [0.15, 0.2) is 6.07 Å². The van der Waals surface area contributed by atoms with Crippen molar-refractivity contribution >= 4 is 5.82 Å². The number of nitrogens with zero attached hydrogens (tertiary/aromatic N) is 1. The first-order valence-electron chi connectivity index (χ1n) is 4.08. The molecule has 2 atom stereocenters. The number of aromatic nitrogens is 2. The monoisotopic (exact) mass is 151 g/mol. The van der Waals surface area contributed by atoms with Crippen LogP contribution >= 0.6 is 0 Å². The number of aromatic amines is 1. The van der Waals surface area contributed by atoms with E-state index in [9.17, 15) is 0 Å². The van der Waals surface area contributed by atoms with Crippen molar-refractivity contribution in [2.45, 2.75) is 25.7 Å². The van der Waals surface area contributed by atoms with Gasteiger partial charge in [-0.15, -0.1) is 0 Å². The number of anilines is 1. The van der Waals surface area contributed by atoms with E-state index in [2.05, 4.69) is 17.1 Å². The second-order valence-electron chi connectivity index (χ2n) is 3.41. The summed E-state index contributed by atoms with van der Waals surface area (Å²) in [5, 5.41) is 6.87. The fourth-order valence-corrected chi connectivity index (χ4v) is 1.67. The summed E-state index contributed by atoms with van der Waals surface area (Å²) in [7, 11) is 0. The average Bonchev–Trinajstić information content (AvgIpc) is 2.33. The molecule has 0 aromatic carbocycles. The molecule has 1 aromatic rings. The van der Waals surface area contributed by atoms with Gasteiger partial charge < -0.3 is 5.73 Å². The minimum atomic E-state index is 0.610. The lowest BCUT2D eigenvalue weighted by atomic mass is 9.73. The Bertz CT molecular complexity index is 254. The molecule has 0 radical (unpaired) electrons. The standard InChI is InChI=1S/C8H13N3/c1-5-2-3-6(5)7-4-8(9)11-10-7/h4-6H,2-3H2,1H3,(H3,9,10,11)/t5-,6-/m0/s1. The van der Waals surface area contributed by atoms with Crippen LogP contribution in [-0.2, 0) is 0 Å². The lowest BCUT2D eigenvalue weighted by Crippen LogP contribution is -2.20. The van der Waals surface area contributed by atoms with E-state index in [0.717, 1.165) is 5.92 Å². The lowest BCUT2D eigenvalue weighted by Gasteiger charge is -2.32. The summed E-state index contributed by atoms with van der Waals surface area (Å²) in [5.74, 6) is 2.09. The maximum Gasteiger partial charge on any atom is 0.145 e. The maximum absolute atomic E-state index is 5.50. The zero-order valence-corrected chi connectivity index (χ0v) is 6.67. The van der Waals surface area contributed by atoms with Crippen LogP contribution < -0.4 is 5.73 Å². The third kappa shape index (κ3) is 1.00. The largest absolute Gasteiger partial charge is 0.382 e. The zero-order valence-electron chi connectivity index (χ0n) is 6.67. The maximum atomic E-state index is 5.50. The van der Waals surface area contributed by atoms with Crippen molar-refractivity contribution in [3.63, 3.8) is 0 Å². The van der Waals surface area contributed by atoms with Gasteiger partial charge in [-0.2, -0.15) is 5.10 Å². The van der Waals surface area contributed by atoms with Gasteiger partial charge >= 0.3 is 0 Å². The molecule has 2 rings (SSSR count). The van der Waals surface area contributed by atoms with E-state index in [1.165, 1.54) is 18.5 Å². The molecule has 3 nitrogen and oxygen atoms in total. The van der Waals surface area contributed by atoms with Crippen molar-refractivity contribution in [1.29, 1.82) is 0 Å². The van der Waals surface area contributed by atoms with E-state index in [-0.39, 0.29) is 0 Å². The Labute approximate surface area is 66.0 Å². The topological polar surface area (TPSA) is 54.7 Å². The number of hydrogen-bond donors (Lipinski definition) is 2. The van der Waals surface area contributed by atoms with Crippen molar-refractivity contribution in [2.75, 3.05) is 5.73 Å². The molecule has 0 spiro atoms. The molecule has 1 saturated carbocycles. The third-order valence-corrected chi connectivity index (χ3v) is 2.64. The SMILES string of the molecule is C[C@H]1CC[C@@H]1c1cc(N)n[nH]1. The quantitative estimate of drug-likeness (QED) is 0.639. The molecule has 11 heavy (non-hydrogen) atoms. The van der Waals surface area contributed by atoms with Crippen molar-refractivity contribution in [3.8, 4) is 0 Å². The van der Waals surface area contributed by atoms with Gasteiger partial charge in [0.25, 0.3) is 0 Å². The lowest BCUT2D eigenvalue weighted by molar-refractivity contribution is 0.274. The second-order valence-corrected chi connectivity index (χ2v) is 3.41. The molecule has 3 heteroatoms. The molecule has 0 aliphatic heterocycles. The molecule has 1 aliphatic rings. The van der Waals surface area contributed by atoms with Gasteiger partial charge in [-0.25, -0.2) is 0 Å². The summed E-state index contributed by atoms with van der Waals surface area (Å²) < 4.78 is 0. The van der Waals surface area contributed by atoms with Crippen LogP contribution in [0.4, 0.5) is 5.82 Å². The molecular weight excluding hydrogens is 138 g/mol. The normalized spacial score (nSPS) is 29.9. The van der Waals surface area contributed by atoms with E-state index in [0.29, 0.717) is 11.7 Å². The summed E-state index contributed by atoms with van der Waals surface area (Å²) in [6.45, 7) is 2.27. The molecule has 3 N–H and O–H groups in total. The predicted molar refractivity (Wildman–Crippen MR) is 44.1 cm³/mol. The Kier molecular flexibility index (Phi) is 1.37. The second kappa shape index (κ2) is 2.26. The van der Waals surface area contributed by atoms with E-state index in [4.69, 9.17) is 5.73 Å². The highest BCUT2D eigenvalue weighted by atomic mass is 15.2. The number of nitrogens with two attached hydrogens (primary N) is 1. The molecule has 0 unspecified atom stereocenters. The zero-order chi connectivity index (χ0) is 7.84. The highest BCUT2D eigenvalue weighted by Gasteiger charge is 2.29. The van der Waals surface area contributed by atoms with Crippen LogP contribution in [0.2, 0.25) is 0 Å². The van der Waals surface area contributed by atoms with Crippen molar-refractivity contribution < 1.29 is 0 Å². The Hall–Kier alpha value is -0.990. The summed E-state index contributed by atoms with van der Waals surface area (Å²) in [6.07, 6.45) is 2.62. The first-order chi connectivity index (χ1) is 5.27. The smallest absolute Gasteiger partial charge is 0.145 e. The van der Waals surface area contributed by atoms with Gasteiger partial charge in [-0.05, 0) is 18.8 Å². The van der Waals surface area contributed by atoms with E-state index in [1.54, 1.807) is 0 Å². The minimum Gasteiger partial charge on any atom is -0.382 e. The summed E-state index contributed by atoms with van der Waals surface area (Å²) in [6, 6.07) is 1.94. The molecule has 1 heterocycles. The number of nitrogen functional groups attached to an aromatic ring is 1. The van der Waals surface area contributed by atoms with Gasteiger partial charge in [-0.3, -0.25) is 5.10 Å². The Morgan fingerprint density at radius 2 is 2.45 bits per heavy atom. The average molecular weight is 151 g/mol. The molecule has 60 valence electrons. The molecular formula is C8H13N3. The highest BCUT2D eigenvalue weighted by molar-refractivity contribution is 5.31. The van der Waals surface area contributed by atoms with E-state index < -0.39 is 0 Å². The Balaban J connectivity index is 2.16. The molecule has 1 fully saturated rings. The molecule has 0 amide bonds. The molecule has 1 aliphatic carbocycles. The molecule has 0 saturated heterocycles. The number of hydrogen-bond acceptors (Lipinski definition) is 2. The van der Waals surface area contributed by atoms with Crippen LogP contribution in [0, 0.1) is 5.92 Å². The van der Waals surface area contributed by atoms with Gasteiger partial charge in [0.15, 0.2) is 0 Å². The molecule has 0 bridgehead atoms. The summed E-state index contributed by atoms with van der Waals surface area (Å²) in [5.41, 5.74) is 6.71. The Morgan fingerprint density at radius 1 is 1.64 bits per heavy atom. The number of H-pyrrole nitrogens is 1.